The number of carbonyl (C=O) groups is 3. The number of nitrogens with zero attached hydrogens (tertiary/aromatic N) is 4. The molecule has 3 N–H and O–H groups in total. The van der Waals surface area contributed by atoms with Gasteiger partial charge in [0.15, 0.2) is 0 Å². The van der Waals surface area contributed by atoms with Gasteiger partial charge in [-0.2, -0.15) is 0 Å². The Morgan fingerprint density at radius 2 is 2.30 bits per heavy atom. The van der Waals surface area contributed by atoms with Crippen LogP contribution in [-0.2, 0) is 27.5 Å². The highest BCUT2D eigenvalue weighted by atomic mass is 16.2. The molecule has 2 rings (SSSR count). The molecule has 0 spiro atoms. The zero-order valence-corrected chi connectivity index (χ0v) is 11.1. The number of hydrogen-bond acceptors (Lipinski definition) is 6. The first kappa shape index (κ1) is 14.1. The van der Waals surface area contributed by atoms with E-state index in [1.165, 1.54) is 11.7 Å². The standard InChI is InChI=1S/C11H16N6O3/c1-16-10(19)3-2-8(11(16)20)13-9(18)6-17-5-7(4-12)14-15-17/h5,8H,2-4,6,12H2,1H3,(H,13,18). The number of nitrogens with one attached hydrogen (secondary N) is 1. The molecule has 108 valence electrons. The Labute approximate surface area is 115 Å². The molecule has 2 heterocycles. The van der Waals surface area contributed by atoms with Gasteiger partial charge in [0.1, 0.15) is 12.6 Å². The molecule has 1 aliphatic rings. The van der Waals surface area contributed by atoms with Crippen molar-refractivity contribution in [1.82, 2.24) is 25.2 Å². The van der Waals surface area contributed by atoms with Gasteiger partial charge in [0.25, 0.3) is 5.91 Å². The minimum absolute atomic E-state index is 0.0472. The third kappa shape index (κ3) is 2.99. The first-order chi connectivity index (χ1) is 9.51. The fraction of sp³-hybridized carbons (Fsp3) is 0.545. The zero-order valence-electron chi connectivity index (χ0n) is 11.1. The van der Waals surface area contributed by atoms with E-state index in [0.29, 0.717) is 12.1 Å². The molecule has 0 saturated carbocycles. The molecule has 1 aliphatic heterocycles. The van der Waals surface area contributed by atoms with E-state index in [2.05, 4.69) is 15.6 Å². The van der Waals surface area contributed by atoms with Gasteiger partial charge >= 0.3 is 0 Å². The fourth-order valence-electron chi connectivity index (χ4n) is 1.95. The van der Waals surface area contributed by atoms with Crippen LogP contribution in [0.3, 0.4) is 0 Å². The van der Waals surface area contributed by atoms with Crippen molar-refractivity contribution in [3.63, 3.8) is 0 Å². The topological polar surface area (TPSA) is 123 Å². The highest BCUT2D eigenvalue weighted by Gasteiger charge is 2.32. The number of likely N-dealkylation sites (tertiary alicyclic amines) is 1. The third-order valence-corrected chi connectivity index (χ3v) is 3.09. The molecule has 1 saturated heterocycles. The summed E-state index contributed by atoms with van der Waals surface area (Å²) in [6.07, 6.45) is 2.13. The van der Waals surface area contributed by atoms with Crippen LogP contribution in [0.25, 0.3) is 0 Å². The summed E-state index contributed by atoms with van der Waals surface area (Å²) >= 11 is 0. The van der Waals surface area contributed by atoms with Crippen LogP contribution in [0.15, 0.2) is 6.20 Å². The van der Waals surface area contributed by atoms with Crippen LogP contribution in [0, 0.1) is 0 Å². The van der Waals surface area contributed by atoms with Crippen molar-refractivity contribution >= 4 is 17.7 Å². The van der Waals surface area contributed by atoms with Crippen LogP contribution in [0.4, 0.5) is 0 Å². The van der Waals surface area contributed by atoms with Crippen molar-refractivity contribution in [2.45, 2.75) is 32.0 Å². The summed E-state index contributed by atoms with van der Waals surface area (Å²) in [6.45, 7) is 0.198. The lowest BCUT2D eigenvalue weighted by Gasteiger charge is -2.28. The summed E-state index contributed by atoms with van der Waals surface area (Å²) in [5.41, 5.74) is 5.97. The molecule has 1 unspecified atom stereocenters. The maximum atomic E-state index is 11.8. The molecular weight excluding hydrogens is 264 g/mol. The number of piperidine rings is 1. The zero-order chi connectivity index (χ0) is 14.7. The monoisotopic (exact) mass is 280 g/mol. The van der Waals surface area contributed by atoms with Gasteiger partial charge in [-0.25, -0.2) is 4.68 Å². The third-order valence-electron chi connectivity index (χ3n) is 3.09. The highest BCUT2D eigenvalue weighted by molar-refractivity contribution is 6.01. The van der Waals surface area contributed by atoms with Crippen LogP contribution in [0.1, 0.15) is 18.5 Å². The fourth-order valence-corrected chi connectivity index (χ4v) is 1.95. The molecule has 0 bridgehead atoms. The van der Waals surface area contributed by atoms with Gasteiger partial charge in [-0.05, 0) is 6.42 Å². The van der Waals surface area contributed by atoms with Crippen molar-refractivity contribution < 1.29 is 14.4 Å². The molecule has 0 aliphatic carbocycles. The lowest BCUT2D eigenvalue weighted by molar-refractivity contribution is -0.149. The van der Waals surface area contributed by atoms with Gasteiger partial charge in [0.05, 0.1) is 11.9 Å². The molecule has 1 atom stereocenters. The summed E-state index contributed by atoms with van der Waals surface area (Å²) in [5, 5.41) is 10.1. The SMILES string of the molecule is CN1C(=O)CCC(NC(=O)Cn2cc(CN)nn2)C1=O. The van der Waals surface area contributed by atoms with Crippen molar-refractivity contribution in [2.24, 2.45) is 5.73 Å². The van der Waals surface area contributed by atoms with Gasteiger partial charge in [-0.15, -0.1) is 5.10 Å². The van der Waals surface area contributed by atoms with Gasteiger partial charge in [-0.1, -0.05) is 5.21 Å². The minimum Gasteiger partial charge on any atom is -0.343 e. The maximum Gasteiger partial charge on any atom is 0.251 e. The van der Waals surface area contributed by atoms with Crippen molar-refractivity contribution in [3.8, 4) is 0 Å². The van der Waals surface area contributed by atoms with E-state index in [1.54, 1.807) is 6.20 Å². The molecule has 9 heteroatoms. The molecule has 0 radical (unpaired) electrons. The first-order valence-corrected chi connectivity index (χ1v) is 6.20. The molecule has 9 nitrogen and oxygen atoms in total. The Bertz CT molecular complexity index is 540. The van der Waals surface area contributed by atoms with Crippen molar-refractivity contribution in [2.75, 3.05) is 7.05 Å². The van der Waals surface area contributed by atoms with Gasteiger partial charge in [-0.3, -0.25) is 19.3 Å². The van der Waals surface area contributed by atoms with Crippen LogP contribution in [-0.4, -0.2) is 50.7 Å². The molecule has 1 aromatic heterocycles. The second kappa shape index (κ2) is 5.78. The Morgan fingerprint density at radius 3 is 2.95 bits per heavy atom. The average molecular weight is 280 g/mol. The van der Waals surface area contributed by atoms with E-state index in [1.807, 2.05) is 0 Å². The maximum absolute atomic E-state index is 11.8. The number of imide groups is 1. The van der Waals surface area contributed by atoms with Crippen molar-refractivity contribution in [3.05, 3.63) is 11.9 Å². The quantitative estimate of drug-likeness (QED) is 0.615. The molecule has 1 fully saturated rings. The Morgan fingerprint density at radius 1 is 1.55 bits per heavy atom. The number of carbonyl (C=O) groups excluding carboxylic acids is 3. The molecule has 3 amide bonds. The number of aromatic nitrogens is 3. The molecule has 1 aromatic rings. The van der Waals surface area contributed by atoms with E-state index in [0.717, 1.165) is 4.90 Å². The Hall–Kier alpha value is -2.29. The summed E-state index contributed by atoms with van der Waals surface area (Å²) in [5.74, 6) is -0.986. The Kier molecular flexibility index (Phi) is 4.08. The molecule has 0 aromatic carbocycles. The first-order valence-electron chi connectivity index (χ1n) is 6.20. The van der Waals surface area contributed by atoms with Crippen LogP contribution in [0.5, 0.6) is 0 Å². The summed E-state index contributed by atoms with van der Waals surface area (Å²) < 4.78 is 1.35. The van der Waals surface area contributed by atoms with E-state index in [4.69, 9.17) is 5.73 Å². The number of nitrogens with two attached hydrogens (primary N) is 1. The van der Waals surface area contributed by atoms with E-state index in [-0.39, 0.29) is 31.3 Å². The molecular formula is C11H16N6O3. The number of rotatable bonds is 4. The van der Waals surface area contributed by atoms with E-state index >= 15 is 0 Å². The Balaban J connectivity index is 1.91. The second-order valence-electron chi connectivity index (χ2n) is 4.56. The lowest BCUT2D eigenvalue weighted by Crippen LogP contribution is -2.53. The summed E-state index contributed by atoms with van der Waals surface area (Å²) in [7, 11) is 1.41. The van der Waals surface area contributed by atoms with Gasteiger partial charge < -0.3 is 11.1 Å². The van der Waals surface area contributed by atoms with Crippen LogP contribution in [0.2, 0.25) is 0 Å². The number of amides is 3. The van der Waals surface area contributed by atoms with E-state index in [9.17, 15) is 14.4 Å². The van der Waals surface area contributed by atoms with Crippen LogP contribution < -0.4 is 11.1 Å². The predicted octanol–water partition coefficient (Wildman–Crippen LogP) is -2.00. The van der Waals surface area contributed by atoms with Crippen LogP contribution >= 0.6 is 0 Å². The number of hydrogen-bond donors (Lipinski definition) is 2. The smallest absolute Gasteiger partial charge is 0.251 e. The van der Waals surface area contributed by atoms with Crippen molar-refractivity contribution in [1.29, 1.82) is 0 Å². The van der Waals surface area contributed by atoms with Gasteiger partial charge in [0.2, 0.25) is 11.8 Å². The lowest BCUT2D eigenvalue weighted by atomic mass is 10.0. The normalized spacial score (nSPS) is 19.3. The highest BCUT2D eigenvalue weighted by Crippen LogP contribution is 2.11. The average Bonchev–Trinajstić information content (AvgIpc) is 2.87. The summed E-state index contributed by atoms with van der Waals surface area (Å²) in [4.78, 5) is 36.0. The summed E-state index contributed by atoms with van der Waals surface area (Å²) in [6, 6.07) is -0.664. The molecule has 20 heavy (non-hydrogen) atoms. The number of likely N-dealkylation sites (N-methyl/N-ethyl adjacent to an activating group) is 1. The van der Waals surface area contributed by atoms with Gasteiger partial charge in [0, 0.05) is 20.0 Å². The predicted molar refractivity (Wildman–Crippen MR) is 66.9 cm³/mol. The second-order valence-corrected chi connectivity index (χ2v) is 4.56. The largest absolute Gasteiger partial charge is 0.343 e. The minimum atomic E-state index is -0.664. The van der Waals surface area contributed by atoms with E-state index < -0.39 is 11.9 Å².